The van der Waals surface area contributed by atoms with Gasteiger partial charge in [0.2, 0.25) is 5.91 Å². The minimum Gasteiger partial charge on any atom is -0.350 e. The third kappa shape index (κ3) is 4.06. The summed E-state index contributed by atoms with van der Waals surface area (Å²) in [5.74, 6) is 0.897. The third-order valence-corrected chi connectivity index (χ3v) is 2.79. The van der Waals surface area contributed by atoms with Crippen LogP contribution in [0.2, 0.25) is 0 Å². The van der Waals surface area contributed by atoms with Crippen molar-refractivity contribution in [2.75, 3.05) is 13.6 Å². The Kier molecular flexibility index (Phi) is 4.09. The number of carbonyl (C=O) groups is 1. The van der Waals surface area contributed by atoms with Gasteiger partial charge >= 0.3 is 0 Å². The fourth-order valence-corrected chi connectivity index (χ4v) is 2.10. The van der Waals surface area contributed by atoms with Crippen LogP contribution in [0.15, 0.2) is 24.3 Å². The molecule has 0 aliphatic carbocycles. The number of rotatable bonds is 4. The van der Waals surface area contributed by atoms with Gasteiger partial charge in [-0.25, -0.2) is 4.98 Å². The van der Waals surface area contributed by atoms with Crippen molar-refractivity contribution in [2.24, 2.45) is 0 Å². The molecule has 0 unspecified atom stereocenters. The van der Waals surface area contributed by atoms with E-state index in [0.717, 1.165) is 16.9 Å². The molecule has 5 heteroatoms. The summed E-state index contributed by atoms with van der Waals surface area (Å²) in [6.07, 6.45) is 0. The van der Waals surface area contributed by atoms with E-state index in [1.54, 1.807) is 0 Å². The van der Waals surface area contributed by atoms with Crippen molar-refractivity contribution in [1.29, 1.82) is 0 Å². The molecule has 0 saturated carbocycles. The van der Waals surface area contributed by atoms with E-state index in [1.165, 1.54) is 0 Å². The first-order valence-corrected chi connectivity index (χ1v) is 6.77. The quantitative estimate of drug-likeness (QED) is 0.895. The van der Waals surface area contributed by atoms with E-state index in [0.29, 0.717) is 13.1 Å². The lowest BCUT2D eigenvalue weighted by Crippen LogP contribution is -2.45. The van der Waals surface area contributed by atoms with Crippen LogP contribution in [0.25, 0.3) is 11.0 Å². The van der Waals surface area contributed by atoms with E-state index in [9.17, 15) is 4.79 Å². The number of nitrogens with zero attached hydrogens (tertiary/aromatic N) is 2. The Morgan fingerprint density at radius 2 is 2.05 bits per heavy atom. The first-order valence-electron chi connectivity index (χ1n) is 6.77. The molecular formula is C15H22N4O. The number of aromatic amines is 1. The van der Waals surface area contributed by atoms with E-state index in [2.05, 4.69) is 15.3 Å². The number of benzene rings is 1. The van der Waals surface area contributed by atoms with Gasteiger partial charge in [-0.2, -0.15) is 0 Å². The zero-order valence-corrected chi connectivity index (χ0v) is 12.5. The number of fused-ring (bicyclic) bond motifs is 1. The summed E-state index contributed by atoms with van der Waals surface area (Å²) in [5.41, 5.74) is 1.78. The van der Waals surface area contributed by atoms with Crippen LogP contribution in [-0.2, 0) is 11.3 Å². The standard InChI is InChI=1S/C15H22N4O/c1-15(2,3)18-14(20)10-19(4)9-13-16-11-7-5-6-8-12(11)17-13/h5-8H,9-10H2,1-4H3,(H,16,17)(H,18,20). The molecule has 0 aliphatic rings. The first-order chi connectivity index (χ1) is 9.33. The predicted molar refractivity (Wildman–Crippen MR) is 80.3 cm³/mol. The predicted octanol–water partition coefficient (Wildman–Crippen LogP) is 1.91. The number of nitrogens with one attached hydrogen (secondary N) is 2. The second-order valence-corrected chi connectivity index (χ2v) is 6.17. The van der Waals surface area contributed by atoms with Crippen molar-refractivity contribution in [2.45, 2.75) is 32.9 Å². The Balaban J connectivity index is 1.94. The van der Waals surface area contributed by atoms with Gasteiger partial charge in [-0.15, -0.1) is 0 Å². The fraction of sp³-hybridized carbons (Fsp3) is 0.467. The minimum atomic E-state index is -0.197. The van der Waals surface area contributed by atoms with Gasteiger partial charge in [-0.3, -0.25) is 9.69 Å². The monoisotopic (exact) mass is 274 g/mol. The molecule has 5 nitrogen and oxygen atoms in total. The highest BCUT2D eigenvalue weighted by Gasteiger charge is 2.15. The first kappa shape index (κ1) is 14.5. The summed E-state index contributed by atoms with van der Waals surface area (Å²) in [6.45, 7) is 6.90. The highest BCUT2D eigenvalue weighted by molar-refractivity contribution is 5.78. The molecular weight excluding hydrogens is 252 g/mol. The molecule has 0 atom stereocenters. The summed E-state index contributed by atoms with van der Waals surface area (Å²) >= 11 is 0. The van der Waals surface area contributed by atoms with Gasteiger partial charge in [-0.1, -0.05) is 12.1 Å². The van der Waals surface area contributed by atoms with Crippen LogP contribution >= 0.6 is 0 Å². The molecule has 0 saturated heterocycles. The summed E-state index contributed by atoms with van der Waals surface area (Å²) < 4.78 is 0. The number of amides is 1. The summed E-state index contributed by atoms with van der Waals surface area (Å²) in [5, 5.41) is 2.95. The Bertz CT molecular complexity index is 564. The average molecular weight is 274 g/mol. The third-order valence-electron chi connectivity index (χ3n) is 2.79. The number of imidazole rings is 1. The molecule has 1 aromatic heterocycles. The SMILES string of the molecule is CN(CC(=O)NC(C)(C)C)Cc1nc2ccccc2[nH]1. The Morgan fingerprint density at radius 3 is 2.70 bits per heavy atom. The number of likely N-dealkylation sites (N-methyl/N-ethyl adjacent to an activating group) is 1. The highest BCUT2D eigenvalue weighted by Crippen LogP contribution is 2.11. The molecule has 2 N–H and O–H groups in total. The molecule has 0 bridgehead atoms. The average Bonchev–Trinajstić information content (AvgIpc) is 2.67. The van der Waals surface area contributed by atoms with Gasteiger partial charge in [0.1, 0.15) is 5.82 Å². The Morgan fingerprint density at radius 1 is 1.35 bits per heavy atom. The smallest absolute Gasteiger partial charge is 0.234 e. The van der Waals surface area contributed by atoms with Gasteiger partial charge in [0.25, 0.3) is 0 Å². The number of para-hydroxylation sites is 2. The van der Waals surface area contributed by atoms with Crippen LogP contribution in [0.5, 0.6) is 0 Å². The largest absolute Gasteiger partial charge is 0.350 e. The molecule has 108 valence electrons. The molecule has 20 heavy (non-hydrogen) atoms. The maximum absolute atomic E-state index is 11.8. The van der Waals surface area contributed by atoms with E-state index in [1.807, 2.05) is 57.0 Å². The zero-order valence-electron chi connectivity index (χ0n) is 12.5. The lowest BCUT2D eigenvalue weighted by atomic mass is 10.1. The van der Waals surface area contributed by atoms with Crippen molar-refractivity contribution in [3.8, 4) is 0 Å². The molecule has 2 rings (SSSR count). The van der Waals surface area contributed by atoms with E-state index >= 15 is 0 Å². The summed E-state index contributed by atoms with van der Waals surface area (Å²) in [7, 11) is 1.91. The van der Waals surface area contributed by atoms with E-state index < -0.39 is 0 Å². The lowest BCUT2D eigenvalue weighted by Gasteiger charge is -2.22. The molecule has 2 aromatic rings. The molecule has 1 aromatic carbocycles. The van der Waals surface area contributed by atoms with Gasteiger partial charge in [0, 0.05) is 5.54 Å². The van der Waals surface area contributed by atoms with Crippen molar-refractivity contribution >= 4 is 16.9 Å². The van der Waals surface area contributed by atoms with Crippen molar-refractivity contribution < 1.29 is 4.79 Å². The van der Waals surface area contributed by atoms with Crippen LogP contribution in [0.1, 0.15) is 26.6 Å². The van der Waals surface area contributed by atoms with Gasteiger partial charge in [-0.05, 0) is 40.0 Å². The highest BCUT2D eigenvalue weighted by atomic mass is 16.2. The number of H-pyrrole nitrogens is 1. The summed E-state index contributed by atoms with van der Waals surface area (Å²) in [4.78, 5) is 21.6. The van der Waals surface area contributed by atoms with Crippen molar-refractivity contribution in [3.63, 3.8) is 0 Å². The van der Waals surface area contributed by atoms with Crippen LogP contribution in [0, 0.1) is 0 Å². The van der Waals surface area contributed by atoms with Crippen LogP contribution in [-0.4, -0.2) is 39.9 Å². The van der Waals surface area contributed by atoms with Crippen molar-refractivity contribution in [1.82, 2.24) is 20.2 Å². The van der Waals surface area contributed by atoms with Gasteiger partial charge in [0.05, 0.1) is 24.1 Å². The molecule has 0 spiro atoms. The molecule has 0 radical (unpaired) electrons. The second kappa shape index (κ2) is 5.63. The topological polar surface area (TPSA) is 61.0 Å². The lowest BCUT2D eigenvalue weighted by molar-refractivity contribution is -0.123. The summed E-state index contributed by atoms with van der Waals surface area (Å²) in [6, 6.07) is 7.91. The van der Waals surface area contributed by atoms with Gasteiger partial charge < -0.3 is 10.3 Å². The maximum Gasteiger partial charge on any atom is 0.234 e. The Labute approximate surface area is 119 Å². The van der Waals surface area contributed by atoms with Gasteiger partial charge in [0.15, 0.2) is 0 Å². The van der Waals surface area contributed by atoms with E-state index in [-0.39, 0.29) is 11.4 Å². The van der Waals surface area contributed by atoms with Crippen molar-refractivity contribution in [3.05, 3.63) is 30.1 Å². The number of hydrogen-bond acceptors (Lipinski definition) is 3. The minimum absolute atomic E-state index is 0.0242. The molecule has 1 amide bonds. The van der Waals surface area contributed by atoms with E-state index in [4.69, 9.17) is 0 Å². The Hall–Kier alpha value is -1.88. The van der Waals surface area contributed by atoms with Crippen LogP contribution < -0.4 is 5.32 Å². The normalized spacial score (nSPS) is 12.1. The number of hydrogen-bond donors (Lipinski definition) is 2. The molecule has 1 heterocycles. The zero-order chi connectivity index (χ0) is 14.8. The second-order valence-electron chi connectivity index (χ2n) is 6.17. The number of aromatic nitrogens is 2. The fourth-order valence-electron chi connectivity index (χ4n) is 2.10. The number of carbonyl (C=O) groups excluding carboxylic acids is 1. The molecule has 0 fully saturated rings. The van der Waals surface area contributed by atoms with Crippen LogP contribution in [0.4, 0.5) is 0 Å². The maximum atomic E-state index is 11.8. The van der Waals surface area contributed by atoms with Crippen LogP contribution in [0.3, 0.4) is 0 Å². The molecule has 0 aliphatic heterocycles.